The predicted octanol–water partition coefficient (Wildman–Crippen LogP) is 1.83. The van der Waals surface area contributed by atoms with Crippen LogP contribution < -0.4 is 5.32 Å². The molecule has 0 aromatic carbocycles. The first kappa shape index (κ1) is 13.1. The molecule has 2 unspecified atom stereocenters. The van der Waals surface area contributed by atoms with Gasteiger partial charge >= 0.3 is 0 Å². The smallest absolute Gasteiger partial charge is 0.149 e. The highest BCUT2D eigenvalue weighted by molar-refractivity contribution is 5.02. The van der Waals surface area contributed by atoms with Crippen molar-refractivity contribution < 1.29 is 4.74 Å². The van der Waals surface area contributed by atoms with E-state index in [4.69, 9.17) is 4.74 Å². The molecular weight excluding hydrogens is 240 g/mol. The third-order valence-corrected chi connectivity index (χ3v) is 4.17. The summed E-state index contributed by atoms with van der Waals surface area (Å²) >= 11 is 0. The van der Waals surface area contributed by atoms with Crippen molar-refractivity contribution in [3.8, 4) is 0 Å². The maximum atomic E-state index is 5.53. The monoisotopic (exact) mass is 264 g/mol. The third kappa shape index (κ3) is 2.98. The van der Waals surface area contributed by atoms with Crippen molar-refractivity contribution in [1.82, 2.24) is 20.1 Å². The first-order valence-electron chi connectivity index (χ1n) is 7.60. The molecule has 5 nitrogen and oxygen atoms in total. The molecule has 0 spiro atoms. The quantitative estimate of drug-likeness (QED) is 0.905. The van der Waals surface area contributed by atoms with Crippen LogP contribution in [-0.4, -0.2) is 34.0 Å². The van der Waals surface area contributed by atoms with E-state index >= 15 is 0 Å². The summed E-state index contributed by atoms with van der Waals surface area (Å²) in [6.45, 7) is 5.00. The van der Waals surface area contributed by atoms with Crippen LogP contribution in [0, 0.1) is 0 Å². The molecule has 0 saturated carbocycles. The Morgan fingerprint density at radius 2 is 2.21 bits per heavy atom. The van der Waals surface area contributed by atoms with E-state index in [1.54, 1.807) is 0 Å². The zero-order chi connectivity index (χ0) is 13.1. The Hall–Kier alpha value is -0.940. The number of aryl methyl sites for hydroxylation is 1. The summed E-state index contributed by atoms with van der Waals surface area (Å²) in [4.78, 5) is 0. The third-order valence-electron chi connectivity index (χ3n) is 4.17. The van der Waals surface area contributed by atoms with Crippen LogP contribution in [0.25, 0.3) is 0 Å². The zero-order valence-electron chi connectivity index (χ0n) is 11.8. The minimum atomic E-state index is 0.256. The maximum Gasteiger partial charge on any atom is 0.149 e. The van der Waals surface area contributed by atoms with Crippen LogP contribution in [0.1, 0.15) is 56.7 Å². The standard InChI is InChI=1S/C14H24N4O/c1-11(15-12-6-5-9-19-10-12)14-17-16-13-7-3-2-4-8-18(13)14/h11-12,15H,2-10H2,1H3. The van der Waals surface area contributed by atoms with Gasteiger partial charge in [0, 0.05) is 25.6 Å². The molecule has 106 valence electrons. The minimum absolute atomic E-state index is 0.256. The number of aromatic nitrogens is 3. The van der Waals surface area contributed by atoms with E-state index in [1.807, 2.05) is 0 Å². The van der Waals surface area contributed by atoms with Crippen molar-refractivity contribution in [3.63, 3.8) is 0 Å². The SMILES string of the molecule is CC(NC1CCCOC1)c1nnc2n1CCCCC2. The van der Waals surface area contributed by atoms with Gasteiger partial charge in [0.25, 0.3) is 0 Å². The van der Waals surface area contributed by atoms with Crippen molar-refractivity contribution in [1.29, 1.82) is 0 Å². The molecule has 1 aromatic rings. The Labute approximate surface area is 114 Å². The lowest BCUT2D eigenvalue weighted by atomic mass is 10.1. The Morgan fingerprint density at radius 1 is 1.26 bits per heavy atom. The van der Waals surface area contributed by atoms with Gasteiger partial charge in [-0.2, -0.15) is 0 Å². The highest BCUT2D eigenvalue weighted by atomic mass is 16.5. The van der Waals surface area contributed by atoms with Crippen molar-refractivity contribution in [2.75, 3.05) is 13.2 Å². The normalized spacial score (nSPS) is 25.6. The number of ether oxygens (including phenoxy) is 1. The molecular formula is C14H24N4O. The van der Waals surface area contributed by atoms with Gasteiger partial charge in [-0.05, 0) is 32.6 Å². The fourth-order valence-electron chi connectivity index (χ4n) is 3.13. The van der Waals surface area contributed by atoms with Crippen LogP contribution in [0.4, 0.5) is 0 Å². The van der Waals surface area contributed by atoms with Crippen LogP contribution in [0.5, 0.6) is 0 Å². The van der Waals surface area contributed by atoms with Crippen molar-refractivity contribution >= 4 is 0 Å². The molecule has 0 aliphatic carbocycles. The Kier molecular flexibility index (Phi) is 4.13. The van der Waals surface area contributed by atoms with Gasteiger partial charge in [-0.3, -0.25) is 0 Å². The van der Waals surface area contributed by atoms with Gasteiger partial charge in [0.05, 0.1) is 12.6 Å². The molecule has 2 aliphatic rings. The molecule has 2 aliphatic heterocycles. The molecule has 1 fully saturated rings. The molecule has 0 bridgehead atoms. The summed E-state index contributed by atoms with van der Waals surface area (Å²) in [5.74, 6) is 2.27. The minimum Gasteiger partial charge on any atom is -0.380 e. The first-order valence-corrected chi connectivity index (χ1v) is 7.60. The second kappa shape index (κ2) is 6.01. The second-order valence-corrected chi connectivity index (χ2v) is 5.74. The number of nitrogens with one attached hydrogen (secondary N) is 1. The van der Waals surface area contributed by atoms with Crippen LogP contribution in [0.2, 0.25) is 0 Å². The van der Waals surface area contributed by atoms with Crippen molar-refractivity contribution in [2.24, 2.45) is 0 Å². The molecule has 1 aromatic heterocycles. The molecule has 19 heavy (non-hydrogen) atoms. The molecule has 1 N–H and O–H groups in total. The van der Waals surface area contributed by atoms with Crippen LogP contribution in [-0.2, 0) is 17.7 Å². The highest BCUT2D eigenvalue weighted by Crippen LogP contribution is 2.20. The van der Waals surface area contributed by atoms with Gasteiger partial charge in [-0.25, -0.2) is 0 Å². The van der Waals surface area contributed by atoms with Crippen molar-refractivity contribution in [2.45, 2.75) is 64.1 Å². The molecule has 3 heterocycles. The molecule has 0 radical (unpaired) electrons. The topological polar surface area (TPSA) is 52.0 Å². The molecule has 1 saturated heterocycles. The number of nitrogens with zero attached hydrogens (tertiary/aromatic N) is 3. The van der Waals surface area contributed by atoms with E-state index < -0.39 is 0 Å². The fraction of sp³-hybridized carbons (Fsp3) is 0.857. The average Bonchev–Trinajstić information content (AvgIpc) is 2.69. The first-order chi connectivity index (χ1) is 9.34. The Morgan fingerprint density at radius 3 is 3.05 bits per heavy atom. The molecule has 3 rings (SSSR count). The van der Waals surface area contributed by atoms with Gasteiger partial charge < -0.3 is 14.6 Å². The van der Waals surface area contributed by atoms with Crippen LogP contribution in [0.15, 0.2) is 0 Å². The average molecular weight is 264 g/mol. The van der Waals surface area contributed by atoms with Gasteiger partial charge in [0.1, 0.15) is 11.6 Å². The maximum absolute atomic E-state index is 5.53. The summed E-state index contributed by atoms with van der Waals surface area (Å²) in [6, 6.07) is 0.716. The van der Waals surface area contributed by atoms with E-state index in [9.17, 15) is 0 Å². The highest BCUT2D eigenvalue weighted by Gasteiger charge is 2.22. The van der Waals surface area contributed by atoms with Crippen LogP contribution >= 0.6 is 0 Å². The van der Waals surface area contributed by atoms with Crippen molar-refractivity contribution in [3.05, 3.63) is 11.6 Å². The van der Waals surface area contributed by atoms with Gasteiger partial charge in [0.15, 0.2) is 0 Å². The number of hydrogen-bond acceptors (Lipinski definition) is 4. The lowest BCUT2D eigenvalue weighted by Crippen LogP contribution is -2.39. The summed E-state index contributed by atoms with van der Waals surface area (Å²) in [5, 5.41) is 12.4. The Balaban J connectivity index is 1.68. The number of rotatable bonds is 3. The summed E-state index contributed by atoms with van der Waals surface area (Å²) in [7, 11) is 0. The predicted molar refractivity (Wildman–Crippen MR) is 73.0 cm³/mol. The lowest BCUT2D eigenvalue weighted by molar-refractivity contribution is 0.0665. The summed E-state index contributed by atoms with van der Waals surface area (Å²) in [5.41, 5.74) is 0. The van der Waals surface area contributed by atoms with Gasteiger partial charge in [-0.15, -0.1) is 10.2 Å². The summed E-state index contributed by atoms with van der Waals surface area (Å²) in [6.07, 6.45) is 7.23. The van der Waals surface area contributed by atoms with E-state index in [2.05, 4.69) is 27.0 Å². The van der Waals surface area contributed by atoms with E-state index in [0.29, 0.717) is 6.04 Å². The zero-order valence-corrected chi connectivity index (χ0v) is 11.8. The van der Waals surface area contributed by atoms with E-state index in [0.717, 1.165) is 38.4 Å². The summed E-state index contributed by atoms with van der Waals surface area (Å²) < 4.78 is 7.86. The number of fused-ring (bicyclic) bond motifs is 1. The molecule has 2 atom stereocenters. The second-order valence-electron chi connectivity index (χ2n) is 5.74. The Bertz CT molecular complexity index is 412. The van der Waals surface area contributed by atoms with E-state index in [-0.39, 0.29) is 6.04 Å². The van der Waals surface area contributed by atoms with E-state index in [1.165, 1.54) is 31.5 Å². The lowest BCUT2D eigenvalue weighted by Gasteiger charge is -2.26. The fourth-order valence-corrected chi connectivity index (χ4v) is 3.13. The van der Waals surface area contributed by atoms with Gasteiger partial charge in [0.2, 0.25) is 0 Å². The van der Waals surface area contributed by atoms with Crippen LogP contribution in [0.3, 0.4) is 0 Å². The number of hydrogen-bond donors (Lipinski definition) is 1. The molecule has 0 amide bonds. The van der Waals surface area contributed by atoms with Gasteiger partial charge in [-0.1, -0.05) is 6.42 Å². The molecule has 5 heteroatoms. The largest absolute Gasteiger partial charge is 0.380 e.